The Morgan fingerprint density at radius 2 is 1.65 bits per heavy atom. The molecule has 0 radical (unpaired) electrons. The third kappa shape index (κ3) is 6.73. The third-order valence-electron chi connectivity index (χ3n) is 4.29. The number of nitrogens with one attached hydrogen (secondary N) is 3. The standard InChI is InChI=1S/C22H21N5O5S2/c1-31-17-8-3-15(4-9-17)5-12-19(28)26-22(33)25-16-6-10-18(11-7-16)34(29,30)27-20-21(32-2)24-14-13-23-20/h3-14H,1-2H3,(H,23,27)(H2,25,26,28,33)/b12-5+. The molecular weight excluding hydrogens is 478 g/mol. The van der Waals surface area contributed by atoms with E-state index in [0.29, 0.717) is 5.69 Å². The molecule has 3 aromatic rings. The van der Waals surface area contributed by atoms with Gasteiger partial charge in [-0.1, -0.05) is 12.1 Å². The average Bonchev–Trinajstić information content (AvgIpc) is 2.83. The number of ether oxygens (including phenoxy) is 2. The number of sulfonamides is 1. The molecule has 1 heterocycles. The molecule has 0 unspecified atom stereocenters. The number of carbonyl (C=O) groups is 1. The van der Waals surface area contributed by atoms with Gasteiger partial charge in [0, 0.05) is 24.2 Å². The molecule has 2 aromatic carbocycles. The molecule has 1 aromatic heterocycles. The number of rotatable bonds is 8. The fourth-order valence-corrected chi connectivity index (χ4v) is 3.88. The van der Waals surface area contributed by atoms with Crippen LogP contribution < -0.4 is 24.8 Å². The summed E-state index contributed by atoms with van der Waals surface area (Å²) < 4.78 is 37.7. The fraction of sp³-hybridized carbons (Fsp3) is 0.0909. The number of amides is 1. The highest BCUT2D eigenvalue weighted by Crippen LogP contribution is 2.22. The summed E-state index contributed by atoms with van der Waals surface area (Å²) in [5.74, 6) is 0.315. The van der Waals surface area contributed by atoms with Crippen LogP contribution in [0.2, 0.25) is 0 Å². The highest BCUT2D eigenvalue weighted by molar-refractivity contribution is 7.92. The largest absolute Gasteiger partial charge is 0.497 e. The number of thiocarbonyl (C=S) groups is 1. The molecule has 0 aliphatic heterocycles. The van der Waals surface area contributed by atoms with Crippen molar-refractivity contribution in [2.45, 2.75) is 4.90 Å². The summed E-state index contributed by atoms with van der Waals surface area (Å²) in [6.07, 6.45) is 5.70. The van der Waals surface area contributed by atoms with E-state index in [1.165, 1.54) is 49.8 Å². The molecule has 0 bridgehead atoms. The predicted octanol–water partition coefficient (Wildman–Crippen LogP) is 2.82. The fourth-order valence-electron chi connectivity index (χ4n) is 2.65. The Kier molecular flexibility index (Phi) is 8.11. The first kappa shape index (κ1) is 24.6. The number of hydrogen-bond donors (Lipinski definition) is 3. The lowest BCUT2D eigenvalue weighted by atomic mass is 10.2. The van der Waals surface area contributed by atoms with Crippen LogP contribution in [0.1, 0.15) is 5.56 Å². The zero-order chi connectivity index (χ0) is 24.6. The molecule has 0 atom stereocenters. The number of aromatic nitrogens is 2. The van der Waals surface area contributed by atoms with E-state index in [4.69, 9.17) is 21.7 Å². The maximum absolute atomic E-state index is 12.6. The molecule has 3 N–H and O–H groups in total. The Morgan fingerprint density at radius 1 is 0.971 bits per heavy atom. The second-order valence-electron chi connectivity index (χ2n) is 6.59. The van der Waals surface area contributed by atoms with Crippen molar-refractivity contribution in [2.24, 2.45) is 0 Å². The molecule has 0 saturated heterocycles. The van der Waals surface area contributed by atoms with Crippen LogP contribution >= 0.6 is 12.2 Å². The van der Waals surface area contributed by atoms with Gasteiger partial charge in [0.2, 0.25) is 11.7 Å². The monoisotopic (exact) mass is 499 g/mol. The zero-order valence-electron chi connectivity index (χ0n) is 18.2. The quantitative estimate of drug-likeness (QED) is 0.316. The van der Waals surface area contributed by atoms with E-state index in [2.05, 4.69) is 25.3 Å². The number of methoxy groups -OCH3 is 2. The van der Waals surface area contributed by atoms with Gasteiger partial charge >= 0.3 is 0 Å². The van der Waals surface area contributed by atoms with Gasteiger partial charge in [-0.15, -0.1) is 0 Å². The lowest BCUT2D eigenvalue weighted by Crippen LogP contribution is -2.32. The molecular formula is C22H21N5O5S2. The van der Waals surface area contributed by atoms with Crippen LogP contribution in [0.25, 0.3) is 6.08 Å². The van der Waals surface area contributed by atoms with Crippen molar-refractivity contribution in [3.05, 3.63) is 72.6 Å². The Labute approximate surface area is 202 Å². The average molecular weight is 500 g/mol. The molecule has 0 saturated carbocycles. The first-order valence-corrected chi connectivity index (χ1v) is 11.6. The van der Waals surface area contributed by atoms with Crippen molar-refractivity contribution in [2.75, 3.05) is 24.3 Å². The Hall–Kier alpha value is -4.03. The molecule has 3 rings (SSSR count). The van der Waals surface area contributed by atoms with Gasteiger partial charge in [-0.05, 0) is 60.3 Å². The Balaban J connectivity index is 1.57. The number of anilines is 2. The summed E-state index contributed by atoms with van der Waals surface area (Å²) in [7, 11) is -0.992. The van der Waals surface area contributed by atoms with Gasteiger partial charge in [0.05, 0.1) is 19.1 Å². The molecule has 176 valence electrons. The first-order chi connectivity index (χ1) is 16.3. The number of hydrogen-bond acceptors (Lipinski definition) is 8. The molecule has 1 amide bonds. The summed E-state index contributed by atoms with van der Waals surface area (Å²) in [5.41, 5.74) is 1.31. The smallest absolute Gasteiger partial charge is 0.263 e. The summed E-state index contributed by atoms with van der Waals surface area (Å²) in [6, 6.07) is 13.0. The van der Waals surface area contributed by atoms with Gasteiger partial charge in [-0.25, -0.2) is 18.4 Å². The van der Waals surface area contributed by atoms with Crippen molar-refractivity contribution in [1.82, 2.24) is 15.3 Å². The topological polar surface area (TPSA) is 132 Å². The minimum Gasteiger partial charge on any atom is -0.497 e. The second-order valence-corrected chi connectivity index (χ2v) is 8.68. The molecule has 0 aliphatic rings. The normalized spacial score (nSPS) is 11.0. The van der Waals surface area contributed by atoms with Crippen LogP contribution in [-0.4, -0.2) is 43.6 Å². The summed E-state index contributed by atoms with van der Waals surface area (Å²) in [5, 5.41) is 5.40. The maximum atomic E-state index is 12.6. The summed E-state index contributed by atoms with van der Waals surface area (Å²) >= 11 is 5.14. The highest BCUT2D eigenvalue weighted by Gasteiger charge is 2.18. The number of benzene rings is 2. The molecule has 0 aliphatic carbocycles. The lowest BCUT2D eigenvalue weighted by Gasteiger charge is -2.11. The number of nitrogens with zero attached hydrogens (tertiary/aromatic N) is 2. The molecule has 0 fully saturated rings. The van der Waals surface area contributed by atoms with E-state index in [0.717, 1.165) is 11.3 Å². The minimum absolute atomic E-state index is 0.0110. The highest BCUT2D eigenvalue weighted by atomic mass is 32.2. The molecule has 10 nitrogen and oxygen atoms in total. The predicted molar refractivity (Wildman–Crippen MR) is 132 cm³/mol. The lowest BCUT2D eigenvalue weighted by molar-refractivity contribution is -0.115. The van der Waals surface area contributed by atoms with Crippen LogP contribution in [0.15, 0.2) is 71.9 Å². The summed E-state index contributed by atoms with van der Waals surface area (Å²) in [4.78, 5) is 19.9. The van der Waals surface area contributed by atoms with Gasteiger partial charge in [0.1, 0.15) is 5.75 Å². The molecule has 12 heteroatoms. The van der Waals surface area contributed by atoms with Crippen LogP contribution in [-0.2, 0) is 14.8 Å². The van der Waals surface area contributed by atoms with Gasteiger partial charge in [0.15, 0.2) is 5.11 Å². The van der Waals surface area contributed by atoms with E-state index in [1.807, 2.05) is 12.1 Å². The van der Waals surface area contributed by atoms with E-state index in [-0.39, 0.29) is 21.7 Å². The second kappa shape index (κ2) is 11.2. The first-order valence-electron chi connectivity index (χ1n) is 9.72. The van der Waals surface area contributed by atoms with Crippen molar-refractivity contribution in [1.29, 1.82) is 0 Å². The van der Waals surface area contributed by atoms with Crippen LogP contribution in [0.4, 0.5) is 11.5 Å². The number of carbonyl (C=O) groups excluding carboxylic acids is 1. The molecule has 0 spiro atoms. The Bertz CT molecular complexity index is 1290. The van der Waals surface area contributed by atoms with Gasteiger partial charge in [0.25, 0.3) is 15.9 Å². The SMILES string of the molecule is COc1ccc(/C=C/C(=O)NC(=S)Nc2ccc(S(=O)(=O)Nc3nccnc3OC)cc2)cc1. The minimum atomic E-state index is -3.93. The summed E-state index contributed by atoms with van der Waals surface area (Å²) in [6.45, 7) is 0. The van der Waals surface area contributed by atoms with Crippen LogP contribution in [0, 0.1) is 0 Å². The van der Waals surface area contributed by atoms with Crippen molar-refractivity contribution < 1.29 is 22.7 Å². The van der Waals surface area contributed by atoms with Gasteiger partial charge in [-0.2, -0.15) is 0 Å². The van der Waals surface area contributed by atoms with Crippen LogP contribution in [0.3, 0.4) is 0 Å². The van der Waals surface area contributed by atoms with E-state index in [1.54, 1.807) is 25.3 Å². The van der Waals surface area contributed by atoms with Crippen molar-refractivity contribution >= 4 is 50.8 Å². The zero-order valence-corrected chi connectivity index (χ0v) is 19.8. The van der Waals surface area contributed by atoms with Gasteiger partial charge < -0.3 is 14.8 Å². The molecule has 34 heavy (non-hydrogen) atoms. The van der Waals surface area contributed by atoms with E-state index >= 15 is 0 Å². The van der Waals surface area contributed by atoms with Crippen molar-refractivity contribution in [3.63, 3.8) is 0 Å². The van der Waals surface area contributed by atoms with E-state index < -0.39 is 15.9 Å². The Morgan fingerprint density at radius 3 is 2.29 bits per heavy atom. The van der Waals surface area contributed by atoms with E-state index in [9.17, 15) is 13.2 Å². The third-order valence-corrected chi connectivity index (χ3v) is 5.85. The van der Waals surface area contributed by atoms with Crippen molar-refractivity contribution in [3.8, 4) is 11.6 Å². The maximum Gasteiger partial charge on any atom is 0.263 e. The van der Waals surface area contributed by atoms with Gasteiger partial charge in [-0.3, -0.25) is 14.8 Å². The van der Waals surface area contributed by atoms with Crippen LogP contribution in [0.5, 0.6) is 11.6 Å².